The molecule has 0 bridgehead atoms. The summed E-state index contributed by atoms with van der Waals surface area (Å²) in [7, 11) is 0. The molecule has 0 aliphatic carbocycles. The second kappa shape index (κ2) is 3.44. The second-order valence-electron chi connectivity index (χ2n) is 2.50. The van der Waals surface area contributed by atoms with E-state index in [0.717, 1.165) is 6.07 Å². The van der Waals surface area contributed by atoms with Crippen molar-refractivity contribution < 1.29 is 18.7 Å². The summed E-state index contributed by atoms with van der Waals surface area (Å²) in [6.45, 7) is 0. The standard InChI is InChI=1S/C7H7F2N3O2/c8-6(9)4-5(13)2(10)1-3(12-4)7(11)14/h1,6,13H,(H2,10,12)(H2,11,14). The van der Waals surface area contributed by atoms with Gasteiger partial charge in [-0.25, -0.2) is 13.8 Å². The average molecular weight is 203 g/mol. The Kier molecular flexibility index (Phi) is 2.50. The SMILES string of the molecule is NC(=O)c1cc(N)c(O)c(C(F)F)n1. The highest BCUT2D eigenvalue weighted by Gasteiger charge is 2.19. The van der Waals surface area contributed by atoms with Crippen molar-refractivity contribution in [3.63, 3.8) is 0 Å². The van der Waals surface area contributed by atoms with Gasteiger partial charge in [-0.1, -0.05) is 0 Å². The number of nitrogen functional groups attached to an aromatic ring is 1. The molecule has 1 aromatic heterocycles. The lowest BCUT2D eigenvalue weighted by Gasteiger charge is -2.06. The van der Waals surface area contributed by atoms with Crippen LogP contribution in [0.5, 0.6) is 5.75 Å². The van der Waals surface area contributed by atoms with Crippen LogP contribution in [0.1, 0.15) is 22.6 Å². The monoisotopic (exact) mass is 203 g/mol. The van der Waals surface area contributed by atoms with Gasteiger partial charge in [-0.3, -0.25) is 4.79 Å². The summed E-state index contributed by atoms with van der Waals surface area (Å²) in [5.74, 6) is -1.82. The van der Waals surface area contributed by atoms with Gasteiger partial charge >= 0.3 is 0 Å². The third-order valence-corrected chi connectivity index (χ3v) is 1.51. The molecule has 7 heteroatoms. The van der Waals surface area contributed by atoms with E-state index in [1.165, 1.54) is 0 Å². The van der Waals surface area contributed by atoms with Crippen molar-refractivity contribution in [2.75, 3.05) is 5.73 Å². The van der Waals surface area contributed by atoms with E-state index in [9.17, 15) is 13.6 Å². The summed E-state index contributed by atoms with van der Waals surface area (Å²) in [6.07, 6.45) is -3.02. The number of hydrogen-bond donors (Lipinski definition) is 3. The van der Waals surface area contributed by atoms with Crippen LogP contribution < -0.4 is 11.5 Å². The summed E-state index contributed by atoms with van der Waals surface area (Å²) in [5, 5.41) is 9.05. The zero-order valence-electron chi connectivity index (χ0n) is 6.87. The number of anilines is 1. The van der Waals surface area contributed by atoms with Crippen molar-refractivity contribution in [2.24, 2.45) is 5.73 Å². The first-order chi connectivity index (χ1) is 6.43. The van der Waals surface area contributed by atoms with Gasteiger partial charge in [0.25, 0.3) is 12.3 Å². The first-order valence-corrected chi connectivity index (χ1v) is 3.50. The van der Waals surface area contributed by atoms with Gasteiger partial charge in [0.05, 0.1) is 5.69 Å². The topological polar surface area (TPSA) is 102 Å². The second-order valence-corrected chi connectivity index (χ2v) is 2.50. The number of pyridine rings is 1. The van der Waals surface area contributed by atoms with E-state index in [-0.39, 0.29) is 5.69 Å². The third kappa shape index (κ3) is 1.70. The van der Waals surface area contributed by atoms with E-state index < -0.39 is 29.5 Å². The van der Waals surface area contributed by atoms with E-state index in [1.807, 2.05) is 0 Å². The first-order valence-electron chi connectivity index (χ1n) is 3.50. The molecule has 1 heterocycles. The highest BCUT2D eigenvalue weighted by atomic mass is 19.3. The molecule has 0 fully saturated rings. The van der Waals surface area contributed by atoms with E-state index in [0.29, 0.717) is 0 Å². The summed E-state index contributed by atoms with van der Waals surface area (Å²) in [4.78, 5) is 13.8. The Hall–Kier alpha value is -1.92. The normalized spacial score (nSPS) is 10.5. The van der Waals surface area contributed by atoms with Crippen molar-refractivity contribution in [1.82, 2.24) is 4.98 Å². The summed E-state index contributed by atoms with van der Waals surface area (Å²) in [6, 6.07) is 0.934. The van der Waals surface area contributed by atoms with Crippen molar-refractivity contribution >= 4 is 11.6 Å². The Bertz CT molecular complexity index is 381. The predicted octanol–water partition coefficient (Wildman–Crippen LogP) is 0.406. The molecular formula is C7H7F2N3O2. The van der Waals surface area contributed by atoms with Gasteiger partial charge in [0.2, 0.25) is 0 Å². The molecule has 14 heavy (non-hydrogen) atoms. The van der Waals surface area contributed by atoms with Crippen LogP contribution in [0.3, 0.4) is 0 Å². The van der Waals surface area contributed by atoms with Gasteiger partial charge in [0.1, 0.15) is 5.69 Å². The van der Waals surface area contributed by atoms with E-state index in [4.69, 9.17) is 16.6 Å². The minimum atomic E-state index is -3.02. The number of amides is 1. The summed E-state index contributed by atoms with van der Waals surface area (Å²) in [5.41, 5.74) is 8.27. The Morgan fingerprint density at radius 1 is 1.57 bits per heavy atom. The molecule has 0 atom stereocenters. The molecule has 0 saturated carbocycles. The number of aromatic hydroxyl groups is 1. The van der Waals surface area contributed by atoms with Crippen molar-refractivity contribution in [3.8, 4) is 5.75 Å². The molecule has 0 radical (unpaired) electrons. The lowest BCUT2D eigenvalue weighted by Crippen LogP contribution is -2.15. The molecule has 0 aromatic carbocycles. The Balaban J connectivity index is 3.35. The van der Waals surface area contributed by atoms with Gasteiger partial charge in [-0.05, 0) is 6.07 Å². The number of hydrogen-bond acceptors (Lipinski definition) is 4. The highest BCUT2D eigenvalue weighted by molar-refractivity contribution is 5.92. The van der Waals surface area contributed by atoms with Crippen LogP contribution in [-0.2, 0) is 0 Å². The van der Waals surface area contributed by atoms with Crippen molar-refractivity contribution in [2.45, 2.75) is 6.43 Å². The Morgan fingerprint density at radius 2 is 2.14 bits per heavy atom. The van der Waals surface area contributed by atoms with Crippen LogP contribution >= 0.6 is 0 Å². The number of rotatable bonds is 2. The molecular weight excluding hydrogens is 196 g/mol. The number of halogens is 2. The van der Waals surface area contributed by atoms with Crippen molar-refractivity contribution in [3.05, 3.63) is 17.5 Å². The molecule has 1 aromatic rings. The molecule has 1 rings (SSSR count). The first kappa shape index (κ1) is 10.2. The summed E-state index contributed by atoms with van der Waals surface area (Å²) < 4.78 is 24.4. The number of carbonyl (C=O) groups is 1. The maximum atomic E-state index is 12.2. The number of aromatic nitrogens is 1. The molecule has 0 unspecified atom stereocenters. The maximum absolute atomic E-state index is 12.2. The van der Waals surface area contributed by atoms with E-state index >= 15 is 0 Å². The Labute approximate surface area is 77.3 Å². The van der Waals surface area contributed by atoms with Crippen LogP contribution in [-0.4, -0.2) is 16.0 Å². The quantitative estimate of drug-likeness (QED) is 0.647. The number of primary amides is 1. The van der Waals surface area contributed by atoms with Gasteiger partial charge in [-0.2, -0.15) is 0 Å². The Morgan fingerprint density at radius 3 is 2.57 bits per heavy atom. The van der Waals surface area contributed by atoms with Crippen LogP contribution in [0.2, 0.25) is 0 Å². The fourth-order valence-electron chi connectivity index (χ4n) is 0.857. The van der Waals surface area contributed by atoms with E-state index in [2.05, 4.69) is 4.98 Å². The molecule has 5 nitrogen and oxygen atoms in total. The van der Waals surface area contributed by atoms with Crippen LogP contribution in [0.4, 0.5) is 14.5 Å². The van der Waals surface area contributed by atoms with Gasteiger partial charge in [0.15, 0.2) is 11.4 Å². The molecule has 1 amide bonds. The number of alkyl halides is 2. The van der Waals surface area contributed by atoms with Gasteiger partial charge in [0, 0.05) is 0 Å². The zero-order chi connectivity index (χ0) is 10.9. The van der Waals surface area contributed by atoms with Crippen molar-refractivity contribution in [1.29, 1.82) is 0 Å². The fraction of sp³-hybridized carbons (Fsp3) is 0.143. The largest absolute Gasteiger partial charge is 0.504 e. The number of nitrogens with two attached hydrogens (primary N) is 2. The molecule has 0 aliphatic heterocycles. The number of carbonyl (C=O) groups excluding carboxylic acids is 1. The third-order valence-electron chi connectivity index (χ3n) is 1.51. The van der Waals surface area contributed by atoms with Crippen LogP contribution in [0.15, 0.2) is 6.07 Å². The van der Waals surface area contributed by atoms with Crippen LogP contribution in [0, 0.1) is 0 Å². The van der Waals surface area contributed by atoms with E-state index in [1.54, 1.807) is 0 Å². The maximum Gasteiger partial charge on any atom is 0.284 e. The predicted molar refractivity (Wildman–Crippen MR) is 43.8 cm³/mol. The molecule has 76 valence electrons. The molecule has 0 spiro atoms. The molecule has 0 aliphatic rings. The van der Waals surface area contributed by atoms with Gasteiger partial charge < -0.3 is 16.6 Å². The summed E-state index contributed by atoms with van der Waals surface area (Å²) >= 11 is 0. The minimum Gasteiger partial charge on any atom is -0.504 e. The van der Waals surface area contributed by atoms with Crippen LogP contribution in [0.25, 0.3) is 0 Å². The zero-order valence-corrected chi connectivity index (χ0v) is 6.87. The lowest BCUT2D eigenvalue weighted by atomic mass is 10.2. The number of nitrogens with zero attached hydrogens (tertiary/aromatic N) is 1. The lowest BCUT2D eigenvalue weighted by molar-refractivity contribution is 0.0993. The smallest absolute Gasteiger partial charge is 0.284 e. The fourth-order valence-corrected chi connectivity index (χ4v) is 0.857. The highest BCUT2D eigenvalue weighted by Crippen LogP contribution is 2.31. The molecule has 0 saturated heterocycles. The average Bonchev–Trinajstić information content (AvgIpc) is 2.08. The van der Waals surface area contributed by atoms with Gasteiger partial charge in [-0.15, -0.1) is 0 Å². The molecule has 5 N–H and O–H groups in total. The minimum absolute atomic E-state index is 0.357.